The zero-order valence-corrected chi connectivity index (χ0v) is 30.9. The van der Waals surface area contributed by atoms with Gasteiger partial charge in [0.25, 0.3) is 0 Å². The Morgan fingerprint density at radius 2 is 0.929 bits per heavy atom. The highest BCUT2D eigenvalue weighted by molar-refractivity contribution is 7.26. The van der Waals surface area contributed by atoms with Crippen molar-refractivity contribution in [1.29, 1.82) is 0 Å². The third kappa shape index (κ3) is 5.38. The van der Waals surface area contributed by atoms with Gasteiger partial charge in [0, 0.05) is 53.8 Å². The van der Waals surface area contributed by atoms with Crippen LogP contribution in [-0.4, -0.2) is 24.5 Å². The zero-order valence-electron chi connectivity index (χ0n) is 30.0. The second-order valence-corrected chi connectivity index (χ2v) is 14.9. The average molecular weight is 734 g/mol. The highest BCUT2D eigenvalue weighted by Crippen LogP contribution is 2.41. The Morgan fingerprint density at radius 3 is 1.62 bits per heavy atom. The molecule has 11 rings (SSSR count). The van der Waals surface area contributed by atoms with Gasteiger partial charge in [-0.15, -0.1) is 11.3 Å². The third-order valence-electron chi connectivity index (χ3n) is 10.5. The first-order chi connectivity index (χ1) is 27.8. The number of nitrogens with zero attached hydrogens (tertiary/aromatic N) is 5. The van der Waals surface area contributed by atoms with E-state index in [-0.39, 0.29) is 0 Å². The average Bonchev–Trinajstić information content (AvgIpc) is 3.83. The number of fused-ring (bicyclic) bond motifs is 6. The van der Waals surface area contributed by atoms with Gasteiger partial charge in [0.2, 0.25) is 0 Å². The van der Waals surface area contributed by atoms with E-state index in [9.17, 15) is 0 Å². The molecule has 0 saturated heterocycles. The molecule has 0 atom stereocenters. The maximum atomic E-state index is 5.22. The molecule has 0 fully saturated rings. The summed E-state index contributed by atoms with van der Waals surface area (Å²) in [5.74, 6) is 1.68. The summed E-state index contributed by atoms with van der Waals surface area (Å²) in [7, 11) is 0. The van der Waals surface area contributed by atoms with E-state index in [4.69, 9.17) is 19.9 Å². The van der Waals surface area contributed by atoms with Crippen molar-refractivity contribution in [2.75, 3.05) is 0 Å². The maximum Gasteiger partial charge on any atom is 0.184 e. The van der Waals surface area contributed by atoms with Crippen LogP contribution in [0.15, 0.2) is 188 Å². The molecule has 262 valence electrons. The molecule has 5 nitrogen and oxygen atoms in total. The van der Waals surface area contributed by atoms with Gasteiger partial charge in [-0.1, -0.05) is 158 Å². The molecule has 4 heterocycles. The normalized spacial score (nSPS) is 11.6. The molecule has 0 N–H and O–H groups in total. The van der Waals surface area contributed by atoms with Crippen LogP contribution in [0.4, 0.5) is 0 Å². The molecule has 56 heavy (non-hydrogen) atoms. The first-order valence-electron chi connectivity index (χ1n) is 18.6. The maximum absolute atomic E-state index is 5.22. The number of rotatable bonds is 6. The molecule has 7 aromatic carbocycles. The summed E-state index contributed by atoms with van der Waals surface area (Å²) in [6.07, 6.45) is 1.93. The predicted molar refractivity (Wildman–Crippen MR) is 232 cm³/mol. The Bertz CT molecular complexity index is 3190. The Hall–Kier alpha value is -7.28. The van der Waals surface area contributed by atoms with Crippen LogP contribution < -0.4 is 0 Å². The van der Waals surface area contributed by atoms with Crippen molar-refractivity contribution in [2.45, 2.75) is 0 Å². The lowest BCUT2D eigenvalue weighted by atomic mass is 10.0. The minimum absolute atomic E-state index is 0.504. The molecule has 0 aliphatic rings. The van der Waals surface area contributed by atoms with Crippen LogP contribution >= 0.6 is 11.3 Å². The quantitative estimate of drug-likeness (QED) is 0.171. The molecule has 0 aliphatic heterocycles. The molecule has 0 unspecified atom stereocenters. The molecule has 0 aliphatic carbocycles. The van der Waals surface area contributed by atoms with E-state index in [2.05, 4.69) is 150 Å². The number of hydrogen-bond donors (Lipinski definition) is 0. The summed E-state index contributed by atoms with van der Waals surface area (Å²) in [4.78, 5) is 20.6. The Kier molecular flexibility index (Phi) is 7.60. The highest BCUT2D eigenvalue weighted by atomic mass is 32.1. The predicted octanol–water partition coefficient (Wildman–Crippen LogP) is 13.1. The van der Waals surface area contributed by atoms with Gasteiger partial charge in [-0.25, -0.2) is 15.0 Å². The van der Waals surface area contributed by atoms with E-state index < -0.39 is 0 Å². The Labute approximate surface area is 326 Å². The van der Waals surface area contributed by atoms with Crippen LogP contribution in [0.1, 0.15) is 0 Å². The Balaban J connectivity index is 1.11. The van der Waals surface area contributed by atoms with E-state index >= 15 is 0 Å². The van der Waals surface area contributed by atoms with Crippen molar-refractivity contribution in [3.05, 3.63) is 188 Å². The molecule has 0 bridgehead atoms. The smallest absolute Gasteiger partial charge is 0.184 e. The fourth-order valence-corrected chi connectivity index (χ4v) is 9.11. The van der Waals surface area contributed by atoms with Gasteiger partial charge < -0.3 is 4.57 Å². The van der Waals surface area contributed by atoms with Gasteiger partial charge in [0.05, 0.1) is 16.7 Å². The third-order valence-corrected chi connectivity index (χ3v) is 11.8. The van der Waals surface area contributed by atoms with Gasteiger partial charge in [0.1, 0.15) is 5.69 Å². The van der Waals surface area contributed by atoms with Crippen molar-refractivity contribution in [3.8, 4) is 62.2 Å². The summed E-state index contributed by atoms with van der Waals surface area (Å²) in [6, 6.07) is 63.6. The van der Waals surface area contributed by atoms with E-state index in [1.165, 1.54) is 36.5 Å². The van der Waals surface area contributed by atoms with E-state index in [1.54, 1.807) is 0 Å². The van der Waals surface area contributed by atoms with Gasteiger partial charge in [-0.05, 0) is 41.0 Å². The molecule has 0 amide bonds. The van der Waals surface area contributed by atoms with Gasteiger partial charge in [0.15, 0.2) is 17.5 Å². The van der Waals surface area contributed by atoms with Crippen LogP contribution in [0.25, 0.3) is 104 Å². The SMILES string of the molecule is c1ccc(-c2cnc(-c3nc(-c4ccccc4)nc(-c4ccc(-c5cccc6c5sc5ccccc56)cc4)n3)c(-n3c4ccccc4c4ccccc43)c2)cc1. The molecular formula is C50H31N5S. The summed E-state index contributed by atoms with van der Waals surface area (Å²) < 4.78 is 4.88. The number of aromatic nitrogens is 5. The highest BCUT2D eigenvalue weighted by Gasteiger charge is 2.21. The van der Waals surface area contributed by atoms with Gasteiger partial charge in [-0.2, -0.15) is 0 Å². The molecule has 11 aromatic rings. The molecule has 0 radical (unpaired) electrons. The standard InChI is InChI=1S/C50H31N5S/c1-3-14-32(15-4-1)36-30-44(55-42-23-10-7-18-38(42)39-19-8-11-24-43(39)55)46(51-31-36)50-53-48(34-16-5-2-6-17-34)52-49(54-50)35-28-26-33(27-29-35)37-21-13-22-41-40-20-9-12-25-45(40)56-47(37)41/h1-31H. The van der Waals surface area contributed by atoms with Gasteiger partial charge in [-0.3, -0.25) is 4.98 Å². The Morgan fingerprint density at radius 1 is 0.393 bits per heavy atom. The minimum atomic E-state index is 0.504. The fraction of sp³-hybridized carbons (Fsp3) is 0. The van der Waals surface area contributed by atoms with E-state index in [0.29, 0.717) is 23.2 Å². The number of hydrogen-bond acceptors (Lipinski definition) is 5. The van der Waals surface area contributed by atoms with Crippen LogP contribution in [0.3, 0.4) is 0 Å². The summed E-state index contributed by atoms with van der Waals surface area (Å²) in [5.41, 5.74) is 10.0. The van der Waals surface area contributed by atoms with Crippen molar-refractivity contribution in [1.82, 2.24) is 24.5 Å². The van der Waals surface area contributed by atoms with Crippen LogP contribution in [0, 0.1) is 0 Å². The largest absolute Gasteiger partial charge is 0.307 e. The van der Waals surface area contributed by atoms with E-state index in [0.717, 1.165) is 44.5 Å². The van der Waals surface area contributed by atoms with Crippen molar-refractivity contribution >= 4 is 53.3 Å². The topological polar surface area (TPSA) is 56.5 Å². The summed E-state index contributed by atoms with van der Waals surface area (Å²) in [5, 5.41) is 4.92. The first-order valence-corrected chi connectivity index (χ1v) is 19.5. The monoisotopic (exact) mass is 733 g/mol. The van der Waals surface area contributed by atoms with Crippen LogP contribution in [-0.2, 0) is 0 Å². The number of benzene rings is 7. The minimum Gasteiger partial charge on any atom is -0.307 e. The molecular weight excluding hydrogens is 703 g/mol. The lowest BCUT2D eigenvalue weighted by molar-refractivity contribution is 1.04. The number of para-hydroxylation sites is 2. The second kappa shape index (κ2) is 13.2. The van der Waals surface area contributed by atoms with Crippen molar-refractivity contribution in [2.24, 2.45) is 0 Å². The fourth-order valence-electron chi connectivity index (χ4n) is 7.87. The van der Waals surface area contributed by atoms with Gasteiger partial charge >= 0.3 is 0 Å². The second-order valence-electron chi connectivity index (χ2n) is 13.9. The molecule has 4 aromatic heterocycles. The number of pyridine rings is 1. The molecule has 0 saturated carbocycles. The van der Waals surface area contributed by atoms with Crippen molar-refractivity contribution < 1.29 is 0 Å². The summed E-state index contributed by atoms with van der Waals surface area (Å²) >= 11 is 1.84. The lowest BCUT2D eigenvalue weighted by Gasteiger charge is -2.15. The molecule has 6 heteroatoms. The molecule has 0 spiro atoms. The first kappa shape index (κ1) is 32.2. The summed E-state index contributed by atoms with van der Waals surface area (Å²) in [6.45, 7) is 0. The van der Waals surface area contributed by atoms with Crippen LogP contribution in [0.5, 0.6) is 0 Å². The van der Waals surface area contributed by atoms with Crippen LogP contribution in [0.2, 0.25) is 0 Å². The zero-order chi connectivity index (χ0) is 37.0. The lowest BCUT2D eigenvalue weighted by Crippen LogP contribution is -2.05. The van der Waals surface area contributed by atoms with E-state index in [1.807, 2.05) is 53.9 Å². The van der Waals surface area contributed by atoms with Crippen molar-refractivity contribution in [3.63, 3.8) is 0 Å². The number of thiophene rings is 1.